The molecule has 1 aromatic rings. The number of nitrogens with one attached hydrogen (secondary N) is 2. The molecule has 0 amide bonds. The van der Waals surface area contributed by atoms with Gasteiger partial charge in [-0.05, 0) is 31.9 Å². The lowest BCUT2D eigenvalue weighted by Gasteiger charge is -2.24. The van der Waals surface area contributed by atoms with Crippen molar-refractivity contribution in [3.63, 3.8) is 0 Å². The molecule has 1 aromatic carbocycles. The van der Waals surface area contributed by atoms with Crippen LogP contribution in [-0.4, -0.2) is 32.3 Å². The van der Waals surface area contributed by atoms with Gasteiger partial charge in [0.25, 0.3) is 0 Å². The van der Waals surface area contributed by atoms with E-state index in [1.165, 1.54) is 11.1 Å². The third-order valence-electron chi connectivity index (χ3n) is 3.18. The zero-order chi connectivity index (χ0) is 12.1. The molecule has 110 valence electrons. The van der Waals surface area contributed by atoms with E-state index in [-0.39, 0.29) is 24.8 Å². The number of ether oxygens (including phenoxy) is 1. The molecule has 1 heterocycles. The number of hydrogen-bond donors (Lipinski definition) is 2. The number of rotatable bonds is 4. The Morgan fingerprint density at radius 1 is 1.21 bits per heavy atom. The normalized spacial score (nSPS) is 18.1. The van der Waals surface area contributed by atoms with Crippen molar-refractivity contribution in [1.29, 1.82) is 0 Å². The van der Waals surface area contributed by atoms with Crippen LogP contribution in [0, 0.1) is 13.8 Å². The highest BCUT2D eigenvalue weighted by atomic mass is 35.5. The van der Waals surface area contributed by atoms with Gasteiger partial charge in [-0.1, -0.05) is 17.7 Å². The maximum absolute atomic E-state index is 5.83. The van der Waals surface area contributed by atoms with Gasteiger partial charge in [0.05, 0.1) is 6.61 Å². The Morgan fingerprint density at radius 3 is 2.63 bits per heavy atom. The Morgan fingerprint density at radius 2 is 2.00 bits per heavy atom. The van der Waals surface area contributed by atoms with Crippen molar-refractivity contribution >= 4 is 24.8 Å². The van der Waals surface area contributed by atoms with Gasteiger partial charge in [0, 0.05) is 25.7 Å². The zero-order valence-electron chi connectivity index (χ0n) is 11.6. The standard InChI is InChI=1S/C14H22N2O.2ClH/c1-11-3-4-14(12(2)9-11)17-8-5-13-10-15-6-7-16-13;;/h3-4,9,13,15-16H,5-8,10H2,1-2H3;2*1H. The van der Waals surface area contributed by atoms with Gasteiger partial charge in [-0.3, -0.25) is 0 Å². The molecule has 1 aliphatic rings. The molecule has 0 radical (unpaired) electrons. The summed E-state index contributed by atoms with van der Waals surface area (Å²) in [5.41, 5.74) is 2.51. The van der Waals surface area contributed by atoms with Gasteiger partial charge >= 0.3 is 0 Å². The summed E-state index contributed by atoms with van der Waals surface area (Å²) in [6.45, 7) is 8.18. The Hall–Kier alpha value is -0.480. The molecule has 1 fully saturated rings. The first-order valence-corrected chi connectivity index (χ1v) is 6.40. The summed E-state index contributed by atoms with van der Waals surface area (Å²) >= 11 is 0. The fourth-order valence-corrected chi connectivity index (χ4v) is 2.19. The summed E-state index contributed by atoms with van der Waals surface area (Å²) in [4.78, 5) is 0. The number of aryl methyl sites for hydroxylation is 2. The quantitative estimate of drug-likeness (QED) is 0.896. The Labute approximate surface area is 128 Å². The highest BCUT2D eigenvalue weighted by Crippen LogP contribution is 2.18. The summed E-state index contributed by atoms with van der Waals surface area (Å²) in [6.07, 6.45) is 1.06. The highest BCUT2D eigenvalue weighted by Gasteiger charge is 2.11. The second kappa shape index (κ2) is 9.43. The first kappa shape index (κ1) is 18.5. The van der Waals surface area contributed by atoms with E-state index in [2.05, 4.69) is 42.7 Å². The summed E-state index contributed by atoms with van der Waals surface area (Å²) < 4.78 is 5.83. The topological polar surface area (TPSA) is 33.3 Å². The summed E-state index contributed by atoms with van der Waals surface area (Å²) in [7, 11) is 0. The summed E-state index contributed by atoms with van der Waals surface area (Å²) in [5, 5.41) is 6.87. The second-order valence-electron chi connectivity index (χ2n) is 4.76. The van der Waals surface area contributed by atoms with Crippen molar-refractivity contribution in [2.24, 2.45) is 0 Å². The van der Waals surface area contributed by atoms with E-state index in [0.29, 0.717) is 6.04 Å². The van der Waals surface area contributed by atoms with Crippen molar-refractivity contribution in [3.05, 3.63) is 29.3 Å². The molecule has 5 heteroatoms. The van der Waals surface area contributed by atoms with Gasteiger partial charge in [0.2, 0.25) is 0 Å². The number of halogens is 2. The molecule has 0 spiro atoms. The molecule has 0 bridgehead atoms. The van der Waals surface area contributed by atoms with Crippen LogP contribution in [0.15, 0.2) is 18.2 Å². The Balaban J connectivity index is 0.00000162. The number of hydrogen-bond acceptors (Lipinski definition) is 3. The van der Waals surface area contributed by atoms with Gasteiger partial charge in [-0.2, -0.15) is 0 Å². The maximum Gasteiger partial charge on any atom is 0.122 e. The predicted octanol–water partition coefficient (Wildman–Crippen LogP) is 2.48. The molecule has 2 N–H and O–H groups in total. The molecule has 19 heavy (non-hydrogen) atoms. The molecule has 0 saturated carbocycles. The van der Waals surface area contributed by atoms with Gasteiger partial charge in [-0.25, -0.2) is 0 Å². The fraction of sp³-hybridized carbons (Fsp3) is 0.571. The first-order chi connectivity index (χ1) is 8.25. The van der Waals surface area contributed by atoms with Crippen LogP contribution >= 0.6 is 24.8 Å². The minimum absolute atomic E-state index is 0. The molecule has 2 rings (SSSR count). The van der Waals surface area contributed by atoms with Gasteiger partial charge < -0.3 is 15.4 Å². The van der Waals surface area contributed by atoms with Crippen molar-refractivity contribution < 1.29 is 4.74 Å². The van der Waals surface area contributed by atoms with Crippen molar-refractivity contribution in [2.75, 3.05) is 26.2 Å². The first-order valence-electron chi connectivity index (χ1n) is 6.40. The van der Waals surface area contributed by atoms with E-state index in [0.717, 1.165) is 38.4 Å². The van der Waals surface area contributed by atoms with Crippen molar-refractivity contribution in [2.45, 2.75) is 26.3 Å². The maximum atomic E-state index is 5.83. The summed E-state index contributed by atoms with van der Waals surface area (Å²) in [6, 6.07) is 6.88. The van der Waals surface area contributed by atoms with E-state index in [1.807, 2.05) is 0 Å². The smallest absolute Gasteiger partial charge is 0.122 e. The monoisotopic (exact) mass is 306 g/mol. The number of benzene rings is 1. The molecular formula is C14H24Cl2N2O. The fourth-order valence-electron chi connectivity index (χ4n) is 2.19. The lowest BCUT2D eigenvalue weighted by atomic mass is 10.1. The SMILES string of the molecule is Cc1ccc(OCCC2CNCCN2)c(C)c1.Cl.Cl. The molecular weight excluding hydrogens is 283 g/mol. The van der Waals surface area contributed by atoms with E-state index in [9.17, 15) is 0 Å². The molecule has 0 aliphatic carbocycles. The van der Waals surface area contributed by atoms with E-state index >= 15 is 0 Å². The lowest BCUT2D eigenvalue weighted by Crippen LogP contribution is -2.48. The largest absolute Gasteiger partial charge is 0.493 e. The van der Waals surface area contributed by atoms with Crippen LogP contribution in [0.4, 0.5) is 0 Å². The van der Waals surface area contributed by atoms with Crippen LogP contribution in [0.3, 0.4) is 0 Å². The minimum Gasteiger partial charge on any atom is -0.493 e. The molecule has 1 unspecified atom stereocenters. The Bertz CT molecular complexity index is 368. The van der Waals surface area contributed by atoms with Gasteiger partial charge in [-0.15, -0.1) is 24.8 Å². The molecule has 1 saturated heterocycles. The van der Waals surface area contributed by atoms with Crippen molar-refractivity contribution in [1.82, 2.24) is 10.6 Å². The lowest BCUT2D eigenvalue weighted by molar-refractivity contribution is 0.272. The molecule has 3 nitrogen and oxygen atoms in total. The third kappa shape index (κ3) is 6.00. The molecule has 1 atom stereocenters. The minimum atomic E-state index is 0. The van der Waals surface area contributed by atoms with Gasteiger partial charge in [0.1, 0.15) is 5.75 Å². The van der Waals surface area contributed by atoms with E-state index in [1.54, 1.807) is 0 Å². The number of piperazine rings is 1. The van der Waals surface area contributed by atoms with Gasteiger partial charge in [0.15, 0.2) is 0 Å². The average Bonchev–Trinajstić information content (AvgIpc) is 2.33. The summed E-state index contributed by atoms with van der Waals surface area (Å²) in [5.74, 6) is 1.01. The van der Waals surface area contributed by atoms with Crippen LogP contribution in [-0.2, 0) is 0 Å². The third-order valence-corrected chi connectivity index (χ3v) is 3.18. The van der Waals surface area contributed by atoms with E-state index in [4.69, 9.17) is 4.74 Å². The Kier molecular flexibility index (Phi) is 9.19. The predicted molar refractivity (Wildman–Crippen MR) is 85.2 cm³/mol. The molecule has 1 aliphatic heterocycles. The van der Waals surface area contributed by atoms with Crippen LogP contribution in [0.1, 0.15) is 17.5 Å². The zero-order valence-corrected chi connectivity index (χ0v) is 13.2. The van der Waals surface area contributed by atoms with Crippen LogP contribution in [0.2, 0.25) is 0 Å². The van der Waals surface area contributed by atoms with Crippen LogP contribution in [0.5, 0.6) is 5.75 Å². The van der Waals surface area contributed by atoms with Crippen molar-refractivity contribution in [3.8, 4) is 5.75 Å². The highest BCUT2D eigenvalue weighted by molar-refractivity contribution is 5.85. The van der Waals surface area contributed by atoms with Crippen LogP contribution in [0.25, 0.3) is 0 Å². The average molecular weight is 307 g/mol. The molecule has 0 aromatic heterocycles. The van der Waals surface area contributed by atoms with E-state index < -0.39 is 0 Å². The van der Waals surface area contributed by atoms with Crippen LogP contribution < -0.4 is 15.4 Å². The second-order valence-corrected chi connectivity index (χ2v) is 4.76.